The molecule has 0 aliphatic carbocycles. The molecule has 2 N–H and O–H groups in total. The van der Waals surface area contributed by atoms with Gasteiger partial charge in [-0.2, -0.15) is 0 Å². The summed E-state index contributed by atoms with van der Waals surface area (Å²) in [4.78, 5) is 17.2. The maximum atomic E-state index is 12.5. The quantitative estimate of drug-likeness (QED) is 0.419. The molecule has 0 aliphatic rings. The number of hydrogen-bond acceptors (Lipinski definition) is 4. The number of imidazole rings is 1. The van der Waals surface area contributed by atoms with E-state index in [1.54, 1.807) is 0 Å². The standard InChI is InChI=1S/C24H24N4O2/c29-23(25-15-16-30-20-11-5-2-6-12-20)18-28-22-14-8-7-13-21(22)27-24(28)26-17-19-9-3-1-4-10-19/h1-14H,15-18H2,(H,25,29)(H,26,27). The molecule has 0 aliphatic heterocycles. The molecule has 4 aromatic rings. The molecule has 152 valence electrons. The molecule has 0 spiro atoms. The van der Waals surface area contributed by atoms with E-state index < -0.39 is 0 Å². The monoisotopic (exact) mass is 400 g/mol. The van der Waals surface area contributed by atoms with Gasteiger partial charge < -0.3 is 19.9 Å². The summed E-state index contributed by atoms with van der Waals surface area (Å²) in [5.74, 6) is 1.38. The molecule has 6 heteroatoms. The minimum Gasteiger partial charge on any atom is -0.492 e. The van der Waals surface area contributed by atoms with Crippen LogP contribution in [0.1, 0.15) is 5.56 Å². The fourth-order valence-electron chi connectivity index (χ4n) is 3.22. The lowest BCUT2D eigenvalue weighted by molar-refractivity contribution is -0.121. The van der Waals surface area contributed by atoms with E-state index >= 15 is 0 Å². The van der Waals surface area contributed by atoms with Crippen molar-refractivity contribution in [2.45, 2.75) is 13.1 Å². The zero-order valence-electron chi connectivity index (χ0n) is 16.6. The number of aromatic nitrogens is 2. The molecular formula is C24H24N4O2. The van der Waals surface area contributed by atoms with E-state index in [1.165, 1.54) is 0 Å². The Morgan fingerprint density at radius 2 is 1.60 bits per heavy atom. The number of fused-ring (bicyclic) bond motifs is 1. The van der Waals surface area contributed by atoms with Gasteiger partial charge in [0.25, 0.3) is 0 Å². The zero-order valence-corrected chi connectivity index (χ0v) is 16.6. The number of ether oxygens (including phenoxy) is 1. The molecular weight excluding hydrogens is 376 g/mol. The van der Waals surface area contributed by atoms with E-state index in [9.17, 15) is 4.79 Å². The summed E-state index contributed by atoms with van der Waals surface area (Å²) in [5, 5.41) is 6.28. The number of carbonyl (C=O) groups excluding carboxylic acids is 1. The minimum absolute atomic E-state index is 0.0856. The van der Waals surface area contributed by atoms with Crippen molar-refractivity contribution in [1.82, 2.24) is 14.9 Å². The lowest BCUT2D eigenvalue weighted by Crippen LogP contribution is -2.31. The highest BCUT2D eigenvalue weighted by Crippen LogP contribution is 2.20. The molecule has 1 heterocycles. The Balaban J connectivity index is 1.38. The molecule has 0 radical (unpaired) electrons. The third-order valence-electron chi connectivity index (χ3n) is 4.69. The van der Waals surface area contributed by atoms with Gasteiger partial charge in [-0.3, -0.25) is 4.79 Å². The second kappa shape index (κ2) is 9.60. The fraction of sp³-hybridized carbons (Fsp3) is 0.167. The Kier molecular flexibility index (Phi) is 6.25. The van der Waals surface area contributed by atoms with Crippen LogP contribution in [0, 0.1) is 0 Å². The lowest BCUT2D eigenvalue weighted by Gasteiger charge is -2.12. The third-order valence-corrected chi connectivity index (χ3v) is 4.69. The number of nitrogens with zero attached hydrogens (tertiary/aromatic N) is 2. The van der Waals surface area contributed by atoms with Gasteiger partial charge in [0.1, 0.15) is 18.9 Å². The van der Waals surface area contributed by atoms with Gasteiger partial charge >= 0.3 is 0 Å². The van der Waals surface area contributed by atoms with Crippen molar-refractivity contribution in [1.29, 1.82) is 0 Å². The average molecular weight is 400 g/mol. The summed E-state index contributed by atoms with van der Waals surface area (Å²) in [6.45, 7) is 1.67. The van der Waals surface area contributed by atoms with E-state index in [4.69, 9.17) is 4.74 Å². The van der Waals surface area contributed by atoms with Crippen LogP contribution in [0.15, 0.2) is 84.9 Å². The van der Waals surface area contributed by atoms with Crippen LogP contribution in [0.4, 0.5) is 5.95 Å². The number of carbonyl (C=O) groups is 1. The van der Waals surface area contributed by atoms with Crippen LogP contribution < -0.4 is 15.4 Å². The van der Waals surface area contributed by atoms with E-state index in [0.29, 0.717) is 25.6 Å². The predicted octanol–water partition coefficient (Wildman–Crippen LogP) is 3.84. The first-order chi connectivity index (χ1) is 14.8. The first-order valence-corrected chi connectivity index (χ1v) is 9.97. The minimum atomic E-state index is -0.0856. The fourth-order valence-corrected chi connectivity index (χ4v) is 3.22. The van der Waals surface area contributed by atoms with E-state index in [0.717, 1.165) is 22.3 Å². The van der Waals surface area contributed by atoms with Crippen LogP contribution in [0.3, 0.4) is 0 Å². The van der Waals surface area contributed by atoms with Crippen LogP contribution in [0.2, 0.25) is 0 Å². The van der Waals surface area contributed by atoms with Crippen molar-refractivity contribution in [3.8, 4) is 5.75 Å². The SMILES string of the molecule is O=C(Cn1c(NCc2ccccc2)nc2ccccc21)NCCOc1ccccc1. The predicted molar refractivity (Wildman–Crippen MR) is 118 cm³/mol. The molecule has 0 bridgehead atoms. The average Bonchev–Trinajstić information content (AvgIpc) is 3.14. The van der Waals surface area contributed by atoms with Crippen LogP contribution >= 0.6 is 0 Å². The van der Waals surface area contributed by atoms with Crippen molar-refractivity contribution in [3.05, 3.63) is 90.5 Å². The van der Waals surface area contributed by atoms with Gasteiger partial charge in [0.05, 0.1) is 17.6 Å². The van der Waals surface area contributed by atoms with E-state index in [2.05, 4.69) is 27.8 Å². The number of benzene rings is 3. The summed E-state index contributed by atoms with van der Waals surface area (Å²) >= 11 is 0. The van der Waals surface area contributed by atoms with Crippen molar-refractivity contribution < 1.29 is 9.53 Å². The number of para-hydroxylation sites is 3. The maximum Gasteiger partial charge on any atom is 0.240 e. The number of rotatable bonds is 9. The number of anilines is 1. The Morgan fingerprint density at radius 1 is 0.900 bits per heavy atom. The van der Waals surface area contributed by atoms with Gasteiger partial charge in [-0.05, 0) is 29.8 Å². The molecule has 0 saturated heterocycles. The topological polar surface area (TPSA) is 68.2 Å². The largest absolute Gasteiger partial charge is 0.492 e. The van der Waals surface area contributed by atoms with Gasteiger partial charge in [-0.15, -0.1) is 0 Å². The number of hydrogen-bond donors (Lipinski definition) is 2. The Morgan fingerprint density at radius 3 is 2.40 bits per heavy atom. The Bertz CT molecular complexity index is 1090. The highest BCUT2D eigenvalue weighted by atomic mass is 16.5. The summed E-state index contributed by atoms with van der Waals surface area (Å²) < 4.78 is 7.54. The molecule has 0 atom stereocenters. The molecule has 3 aromatic carbocycles. The van der Waals surface area contributed by atoms with Gasteiger partial charge in [-0.25, -0.2) is 4.98 Å². The van der Waals surface area contributed by atoms with Gasteiger partial charge in [0, 0.05) is 6.54 Å². The van der Waals surface area contributed by atoms with E-state index in [1.807, 2.05) is 77.4 Å². The van der Waals surface area contributed by atoms with Crippen LogP contribution in [0.5, 0.6) is 5.75 Å². The van der Waals surface area contributed by atoms with Crippen LogP contribution in [-0.2, 0) is 17.9 Å². The lowest BCUT2D eigenvalue weighted by atomic mass is 10.2. The Hall–Kier alpha value is -3.80. The van der Waals surface area contributed by atoms with Crippen molar-refractivity contribution in [2.75, 3.05) is 18.5 Å². The van der Waals surface area contributed by atoms with Gasteiger partial charge in [0.15, 0.2) is 0 Å². The zero-order chi connectivity index (χ0) is 20.6. The molecule has 6 nitrogen and oxygen atoms in total. The summed E-state index contributed by atoms with van der Waals surface area (Å²) in [6, 6.07) is 27.5. The van der Waals surface area contributed by atoms with Crippen molar-refractivity contribution in [2.24, 2.45) is 0 Å². The van der Waals surface area contributed by atoms with Crippen LogP contribution in [-0.4, -0.2) is 28.6 Å². The summed E-state index contributed by atoms with van der Waals surface area (Å²) in [6.07, 6.45) is 0. The highest BCUT2D eigenvalue weighted by molar-refractivity contribution is 5.83. The molecule has 0 unspecified atom stereocenters. The second-order valence-corrected chi connectivity index (χ2v) is 6.86. The van der Waals surface area contributed by atoms with Gasteiger partial charge in [0.2, 0.25) is 11.9 Å². The van der Waals surface area contributed by atoms with E-state index in [-0.39, 0.29) is 12.5 Å². The first-order valence-electron chi connectivity index (χ1n) is 9.97. The normalized spacial score (nSPS) is 10.7. The number of nitrogens with one attached hydrogen (secondary N) is 2. The number of amides is 1. The molecule has 0 fully saturated rings. The second-order valence-electron chi connectivity index (χ2n) is 6.86. The molecule has 1 aromatic heterocycles. The third kappa shape index (κ3) is 4.97. The molecule has 0 saturated carbocycles. The summed E-state index contributed by atoms with van der Waals surface area (Å²) in [5.41, 5.74) is 2.93. The smallest absolute Gasteiger partial charge is 0.240 e. The molecule has 1 amide bonds. The first kappa shape index (κ1) is 19.5. The Labute approximate surface area is 175 Å². The van der Waals surface area contributed by atoms with Crippen LogP contribution in [0.25, 0.3) is 11.0 Å². The summed E-state index contributed by atoms with van der Waals surface area (Å²) in [7, 11) is 0. The maximum absolute atomic E-state index is 12.5. The highest BCUT2D eigenvalue weighted by Gasteiger charge is 2.13. The van der Waals surface area contributed by atoms with Crippen molar-refractivity contribution >= 4 is 22.9 Å². The van der Waals surface area contributed by atoms with Crippen molar-refractivity contribution in [3.63, 3.8) is 0 Å². The molecule has 30 heavy (non-hydrogen) atoms. The molecule has 4 rings (SSSR count). The van der Waals surface area contributed by atoms with Gasteiger partial charge in [-0.1, -0.05) is 60.7 Å².